The minimum absolute atomic E-state index is 0.274. The maximum Gasteiger partial charge on any atom is 0.164 e. The van der Waals surface area contributed by atoms with Gasteiger partial charge in [-0.15, -0.1) is 0 Å². The van der Waals surface area contributed by atoms with Crippen LogP contribution in [0.25, 0.3) is 11.0 Å². The second-order valence-electron chi connectivity index (χ2n) is 6.53. The monoisotopic (exact) mass is 501 g/mol. The van der Waals surface area contributed by atoms with Gasteiger partial charge in [-0.3, -0.25) is 0 Å². The molecule has 0 bridgehead atoms. The van der Waals surface area contributed by atoms with Gasteiger partial charge in [-0.05, 0) is 46.4 Å². The van der Waals surface area contributed by atoms with Crippen LogP contribution in [0.2, 0.25) is 0 Å². The number of nitrogens with zero attached hydrogens (tertiary/aromatic N) is 3. The molecule has 8 nitrogen and oxygen atoms in total. The SMILES string of the molecule is OCc1ncnc2c1ccn2[C@@H]1O[C@H]([C@H](O)c2ccc(F)c(I)c2)[C@@H](O)[C@H]1O. The Morgan fingerprint density at radius 3 is 2.71 bits per heavy atom. The van der Waals surface area contributed by atoms with Crippen molar-refractivity contribution in [1.29, 1.82) is 0 Å². The number of aromatic nitrogens is 3. The number of hydrogen-bond acceptors (Lipinski definition) is 7. The van der Waals surface area contributed by atoms with Gasteiger partial charge in [-0.2, -0.15) is 0 Å². The Bertz CT molecular complexity index is 1020. The Hall–Kier alpha value is -1.70. The summed E-state index contributed by atoms with van der Waals surface area (Å²) in [6.07, 6.45) is -3.22. The minimum atomic E-state index is -1.38. The van der Waals surface area contributed by atoms with Crippen molar-refractivity contribution in [3.63, 3.8) is 0 Å². The molecule has 0 amide bonds. The fourth-order valence-corrected chi connectivity index (χ4v) is 3.96. The van der Waals surface area contributed by atoms with E-state index in [1.165, 1.54) is 29.1 Å². The molecule has 3 aromatic rings. The maximum atomic E-state index is 13.5. The van der Waals surface area contributed by atoms with E-state index in [1.54, 1.807) is 34.9 Å². The van der Waals surface area contributed by atoms with Gasteiger partial charge in [0.05, 0.1) is 12.3 Å². The molecule has 0 saturated carbocycles. The highest BCUT2D eigenvalue weighted by Gasteiger charge is 2.47. The number of halogens is 2. The van der Waals surface area contributed by atoms with Crippen molar-refractivity contribution in [2.45, 2.75) is 37.3 Å². The Morgan fingerprint density at radius 1 is 1.21 bits per heavy atom. The maximum absolute atomic E-state index is 13.5. The van der Waals surface area contributed by atoms with Crippen LogP contribution < -0.4 is 0 Å². The lowest BCUT2D eigenvalue weighted by atomic mass is 9.99. The average Bonchev–Trinajstić information content (AvgIpc) is 3.25. The van der Waals surface area contributed by atoms with Crippen LogP contribution in [0.1, 0.15) is 23.6 Å². The molecule has 1 aromatic carbocycles. The third-order valence-corrected chi connectivity index (χ3v) is 5.71. The Kier molecular flexibility index (Phi) is 5.33. The molecule has 2 aromatic heterocycles. The zero-order chi connectivity index (χ0) is 20.0. The molecular formula is C18H17FIN3O5. The average molecular weight is 501 g/mol. The van der Waals surface area contributed by atoms with Crippen LogP contribution in [-0.4, -0.2) is 53.3 Å². The lowest BCUT2D eigenvalue weighted by Crippen LogP contribution is -2.34. The van der Waals surface area contributed by atoms with Crippen LogP contribution in [0.15, 0.2) is 36.8 Å². The van der Waals surface area contributed by atoms with E-state index in [0.717, 1.165) is 0 Å². The van der Waals surface area contributed by atoms with Crippen molar-refractivity contribution < 1.29 is 29.6 Å². The molecule has 4 N–H and O–H groups in total. The van der Waals surface area contributed by atoms with Gasteiger partial charge < -0.3 is 29.7 Å². The molecule has 5 atom stereocenters. The van der Waals surface area contributed by atoms with Gasteiger partial charge in [-0.1, -0.05) is 6.07 Å². The molecule has 1 aliphatic heterocycles. The summed E-state index contributed by atoms with van der Waals surface area (Å²) in [5, 5.41) is 41.6. The number of aliphatic hydroxyl groups is 4. The smallest absolute Gasteiger partial charge is 0.164 e. The highest BCUT2D eigenvalue weighted by atomic mass is 127. The highest BCUT2D eigenvalue weighted by molar-refractivity contribution is 14.1. The number of rotatable bonds is 4. The number of hydrogen-bond donors (Lipinski definition) is 4. The van der Waals surface area contributed by atoms with E-state index >= 15 is 0 Å². The van der Waals surface area contributed by atoms with Gasteiger partial charge in [0, 0.05) is 15.2 Å². The fraction of sp³-hybridized carbons (Fsp3) is 0.333. The standard InChI is InChI=1S/C18H17FIN3O5/c19-10-2-1-8(5-11(10)20)13(25)16-14(26)15(27)18(28-16)23-4-3-9-12(6-24)21-7-22-17(9)23/h1-5,7,13-16,18,24-27H,6H2/t13-,14+,15-,16-,18-/m1/s1. The quantitative estimate of drug-likeness (QED) is 0.394. The molecule has 3 heterocycles. The van der Waals surface area contributed by atoms with Crippen molar-refractivity contribution in [3.8, 4) is 0 Å². The summed E-state index contributed by atoms with van der Waals surface area (Å²) < 4.78 is 21.1. The molecule has 28 heavy (non-hydrogen) atoms. The molecule has 4 rings (SSSR count). The predicted molar refractivity (Wildman–Crippen MR) is 103 cm³/mol. The van der Waals surface area contributed by atoms with Gasteiger partial charge in [0.15, 0.2) is 6.23 Å². The Labute approximate surface area is 172 Å². The molecule has 1 fully saturated rings. The fourth-order valence-electron chi connectivity index (χ4n) is 3.42. The molecule has 148 valence electrons. The van der Waals surface area contributed by atoms with Crippen LogP contribution in [0.5, 0.6) is 0 Å². The molecule has 0 spiro atoms. The van der Waals surface area contributed by atoms with Gasteiger partial charge in [0.2, 0.25) is 0 Å². The van der Waals surface area contributed by atoms with Gasteiger partial charge in [0.1, 0.15) is 42.2 Å². The number of benzene rings is 1. The van der Waals surface area contributed by atoms with Crippen LogP contribution in [-0.2, 0) is 11.3 Å². The first-order valence-corrected chi connectivity index (χ1v) is 9.56. The highest BCUT2D eigenvalue weighted by Crippen LogP contribution is 2.38. The minimum Gasteiger partial charge on any atom is -0.390 e. The molecule has 0 unspecified atom stereocenters. The molecule has 10 heteroatoms. The van der Waals surface area contributed by atoms with E-state index in [0.29, 0.717) is 25.9 Å². The second-order valence-corrected chi connectivity index (χ2v) is 7.69. The van der Waals surface area contributed by atoms with Crippen molar-refractivity contribution in [3.05, 3.63) is 57.4 Å². The summed E-state index contributed by atoms with van der Waals surface area (Å²) >= 11 is 1.81. The third-order valence-electron chi connectivity index (χ3n) is 4.89. The van der Waals surface area contributed by atoms with Gasteiger partial charge in [0.25, 0.3) is 0 Å². The summed E-state index contributed by atoms with van der Waals surface area (Å²) in [5.74, 6) is -0.416. The number of ether oxygens (including phenoxy) is 1. The van der Waals surface area contributed by atoms with E-state index in [2.05, 4.69) is 9.97 Å². The van der Waals surface area contributed by atoms with Gasteiger partial charge >= 0.3 is 0 Å². The lowest BCUT2D eigenvalue weighted by Gasteiger charge is -2.21. The van der Waals surface area contributed by atoms with E-state index in [1.807, 2.05) is 0 Å². The van der Waals surface area contributed by atoms with E-state index in [4.69, 9.17) is 4.74 Å². The zero-order valence-electron chi connectivity index (χ0n) is 14.4. The normalized spacial score (nSPS) is 26.1. The summed E-state index contributed by atoms with van der Waals surface area (Å²) in [5.41, 5.74) is 1.21. The van der Waals surface area contributed by atoms with Crippen molar-refractivity contribution in [1.82, 2.24) is 14.5 Å². The first kappa shape index (κ1) is 19.6. The first-order chi connectivity index (χ1) is 13.4. The largest absolute Gasteiger partial charge is 0.390 e. The van der Waals surface area contributed by atoms with Crippen LogP contribution in [0.3, 0.4) is 0 Å². The van der Waals surface area contributed by atoms with Crippen molar-refractivity contribution in [2.75, 3.05) is 0 Å². The van der Waals surface area contributed by atoms with Crippen molar-refractivity contribution in [2.24, 2.45) is 0 Å². The molecule has 0 aliphatic carbocycles. The zero-order valence-corrected chi connectivity index (χ0v) is 16.5. The lowest BCUT2D eigenvalue weighted by molar-refractivity contribution is -0.0848. The van der Waals surface area contributed by atoms with E-state index < -0.39 is 36.5 Å². The van der Waals surface area contributed by atoms with E-state index in [-0.39, 0.29) is 6.61 Å². The predicted octanol–water partition coefficient (Wildman–Crippen LogP) is 1.02. The Morgan fingerprint density at radius 2 is 2.00 bits per heavy atom. The van der Waals surface area contributed by atoms with Gasteiger partial charge in [-0.25, -0.2) is 14.4 Å². The molecular weight excluding hydrogens is 484 g/mol. The van der Waals surface area contributed by atoms with Crippen molar-refractivity contribution >= 4 is 33.6 Å². The summed E-state index contributed by atoms with van der Waals surface area (Å²) in [6.45, 7) is -0.274. The summed E-state index contributed by atoms with van der Waals surface area (Å²) in [6, 6.07) is 5.77. The third kappa shape index (κ3) is 3.19. The van der Waals surface area contributed by atoms with Crippen LogP contribution in [0, 0.1) is 9.39 Å². The van der Waals surface area contributed by atoms with Crippen LogP contribution >= 0.6 is 22.6 Å². The number of aliphatic hydroxyl groups excluding tert-OH is 4. The summed E-state index contributed by atoms with van der Waals surface area (Å²) in [4.78, 5) is 8.17. The molecule has 1 aliphatic rings. The van der Waals surface area contributed by atoms with E-state index in [9.17, 15) is 24.8 Å². The Balaban J connectivity index is 1.65. The first-order valence-electron chi connectivity index (χ1n) is 8.48. The second kappa shape index (κ2) is 7.61. The topological polar surface area (TPSA) is 121 Å². The summed E-state index contributed by atoms with van der Waals surface area (Å²) in [7, 11) is 0. The molecule has 0 radical (unpaired) electrons. The van der Waals surface area contributed by atoms with Crippen LogP contribution in [0.4, 0.5) is 4.39 Å². The molecule has 1 saturated heterocycles. The number of fused-ring (bicyclic) bond motifs is 1.